The summed E-state index contributed by atoms with van der Waals surface area (Å²) in [6, 6.07) is 15.8. The zero-order valence-electron chi connectivity index (χ0n) is 12.2. The molecule has 0 heterocycles. The van der Waals surface area contributed by atoms with E-state index in [0.717, 1.165) is 22.4 Å². The first-order valence-corrected chi connectivity index (χ1v) is 8.17. The Morgan fingerprint density at radius 2 is 1.75 bits per heavy atom. The van der Waals surface area contributed by atoms with Crippen LogP contribution in [0.25, 0.3) is 0 Å². The second-order valence-electron chi connectivity index (χ2n) is 4.96. The van der Waals surface area contributed by atoms with Gasteiger partial charge in [0.1, 0.15) is 0 Å². The Morgan fingerprint density at radius 1 is 1.10 bits per heavy atom. The summed E-state index contributed by atoms with van der Waals surface area (Å²) in [7, 11) is 0. The Balaban J connectivity index is 2.29. The molecule has 2 aromatic rings. The average Bonchev–Trinajstić information content (AvgIpc) is 2.53. The highest BCUT2D eigenvalue weighted by atomic mass is 32.2. The highest BCUT2D eigenvalue weighted by Gasteiger charge is 2.13. The minimum atomic E-state index is 0.102. The molecule has 2 rings (SSSR count). The maximum Gasteiger partial charge on any atom is 0.194 e. The summed E-state index contributed by atoms with van der Waals surface area (Å²) in [5, 5.41) is 0. The van der Waals surface area contributed by atoms with Gasteiger partial charge in [0.2, 0.25) is 0 Å². The second-order valence-corrected chi connectivity index (χ2v) is 5.81. The van der Waals surface area contributed by atoms with Gasteiger partial charge in [-0.2, -0.15) is 0 Å². The smallest absolute Gasteiger partial charge is 0.194 e. The molecule has 0 aliphatic heterocycles. The molecule has 0 aromatic heterocycles. The van der Waals surface area contributed by atoms with Crippen molar-refractivity contribution in [2.45, 2.75) is 31.1 Å². The summed E-state index contributed by atoms with van der Waals surface area (Å²) in [6.07, 6.45) is 3.11. The number of hydrogen-bond acceptors (Lipinski definition) is 2. The molecule has 0 spiro atoms. The van der Waals surface area contributed by atoms with Crippen LogP contribution < -0.4 is 0 Å². The lowest BCUT2D eigenvalue weighted by Gasteiger charge is -2.10. The number of rotatable bonds is 5. The van der Waals surface area contributed by atoms with Crippen molar-refractivity contribution in [1.82, 2.24) is 0 Å². The van der Waals surface area contributed by atoms with Gasteiger partial charge in [-0.25, -0.2) is 0 Å². The summed E-state index contributed by atoms with van der Waals surface area (Å²) in [4.78, 5) is 13.6. The van der Waals surface area contributed by atoms with E-state index >= 15 is 0 Å². The van der Waals surface area contributed by atoms with Crippen molar-refractivity contribution < 1.29 is 4.79 Å². The summed E-state index contributed by atoms with van der Waals surface area (Å²) in [5.74, 6) is 0.642. The molecule has 2 aromatic carbocycles. The van der Waals surface area contributed by atoms with Crippen molar-refractivity contribution in [1.29, 1.82) is 0 Å². The van der Waals surface area contributed by atoms with Gasteiger partial charge >= 0.3 is 0 Å². The first kappa shape index (κ1) is 14.9. The molecule has 20 heavy (non-hydrogen) atoms. The highest BCUT2D eigenvalue weighted by molar-refractivity contribution is 7.98. The Hall–Kier alpha value is -1.54. The number of carbonyl (C=O) groups is 1. The summed E-state index contributed by atoms with van der Waals surface area (Å²) in [6.45, 7) is 4.39. The first-order valence-electron chi connectivity index (χ1n) is 6.95. The van der Waals surface area contributed by atoms with Crippen molar-refractivity contribution in [3.05, 3.63) is 65.2 Å². The van der Waals surface area contributed by atoms with Crippen LogP contribution in [-0.2, 0) is 0 Å². The van der Waals surface area contributed by atoms with Crippen LogP contribution in [0.4, 0.5) is 0 Å². The third-order valence-corrected chi connectivity index (χ3v) is 4.50. The van der Waals surface area contributed by atoms with Gasteiger partial charge in [-0.15, -0.1) is 11.8 Å². The van der Waals surface area contributed by atoms with E-state index in [9.17, 15) is 4.79 Å². The molecule has 0 amide bonds. The lowest BCUT2D eigenvalue weighted by Crippen LogP contribution is -2.03. The molecule has 1 atom stereocenters. The minimum Gasteiger partial charge on any atom is -0.289 e. The van der Waals surface area contributed by atoms with Crippen LogP contribution in [0.3, 0.4) is 0 Å². The largest absolute Gasteiger partial charge is 0.289 e. The summed E-state index contributed by atoms with van der Waals surface area (Å²) in [5.41, 5.74) is 2.84. The Labute approximate surface area is 125 Å². The van der Waals surface area contributed by atoms with E-state index < -0.39 is 0 Å². The van der Waals surface area contributed by atoms with E-state index in [1.807, 2.05) is 42.7 Å². The quantitative estimate of drug-likeness (QED) is 0.557. The monoisotopic (exact) mass is 284 g/mol. The Morgan fingerprint density at radius 3 is 2.35 bits per heavy atom. The fourth-order valence-corrected chi connectivity index (χ4v) is 2.78. The van der Waals surface area contributed by atoms with E-state index in [1.165, 1.54) is 5.56 Å². The predicted molar refractivity (Wildman–Crippen MR) is 86.8 cm³/mol. The van der Waals surface area contributed by atoms with Crippen LogP contribution in [-0.4, -0.2) is 12.0 Å². The Kier molecular flexibility index (Phi) is 5.02. The molecule has 0 bridgehead atoms. The molecule has 0 N–H and O–H groups in total. The van der Waals surface area contributed by atoms with Gasteiger partial charge in [0.05, 0.1) is 0 Å². The lowest BCUT2D eigenvalue weighted by atomic mass is 9.95. The van der Waals surface area contributed by atoms with Gasteiger partial charge in [0.15, 0.2) is 5.78 Å². The molecule has 0 saturated carbocycles. The standard InChI is InChI=1S/C18H20OS/c1-4-13(2)14-9-11-15(12-10-14)18(19)16-7-5-6-8-17(16)20-3/h5-13H,4H2,1-3H3. The molecule has 104 valence electrons. The topological polar surface area (TPSA) is 17.1 Å². The maximum absolute atomic E-state index is 12.6. The highest BCUT2D eigenvalue weighted by Crippen LogP contribution is 2.24. The van der Waals surface area contributed by atoms with Crippen LogP contribution in [0.1, 0.15) is 47.7 Å². The van der Waals surface area contributed by atoms with Crippen molar-refractivity contribution in [3.8, 4) is 0 Å². The molecular formula is C18H20OS. The van der Waals surface area contributed by atoms with Gasteiger partial charge in [-0.05, 0) is 36.3 Å². The number of thioether (sulfide) groups is 1. The molecule has 0 saturated heterocycles. The van der Waals surface area contributed by atoms with Crippen molar-refractivity contribution in [2.24, 2.45) is 0 Å². The Bertz CT molecular complexity index is 587. The number of ketones is 1. The van der Waals surface area contributed by atoms with Crippen LogP contribution in [0, 0.1) is 0 Å². The molecule has 0 fully saturated rings. The number of carbonyl (C=O) groups excluding carboxylic acids is 1. The lowest BCUT2D eigenvalue weighted by molar-refractivity contribution is 0.103. The van der Waals surface area contributed by atoms with E-state index in [-0.39, 0.29) is 5.78 Å². The van der Waals surface area contributed by atoms with Crippen LogP contribution in [0.5, 0.6) is 0 Å². The van der Waals surface area contributed by atoms with Crippen LogP contribution in [0.2, 0.25) is 0 Å². The molecule has 0 radical (unpaired) electrons. The van der Waals surface area contributed by atoms with Gasteiger partial charge in [0.25, 0.3) is 0 Å². The molecule has 2 heteroatoms. The maximum atomic E-state index is 12.6. The average molecular weight is 284 g/mol. The summed E-state index contributed by atoms with van der Waals surface area (Å²) < 4.78 is 0. The third kappa shape index (κ3) is 3.13. The van der Waals surface area contributed by atoms with Crippen molar-refractivity contribution >= 4 is 17.5 Å². The van der Waals surface area contributed by atoms with E-state index in [1.54, 1.807) is 11.8 Å². The normalized spacial score (nSPS) is 12.2. The van der Waals surface area contributed by atoms with Crippen LogP contribution >= 0.6 is 11.8 Å². The van der Waals surface area contributed by atoms with Gasteiger partial charge in [-0.1, -0.05) is 50.2 Å². The fourth-order valence-electron chi connectivity index (χ4n) is 2.19. The summed E-state index contributed by atoms with van der Waals surface area (Å²) >= 11 is 1.61. The van der Waals surface area contributed by atoms with Crippen molar-refractivity contribution in [3.63, 3.8) is 0 Å². The molecule has 0 aliphatic rings. The number of hydrogen-bond donors (Lipinski definition) is 0. The minimum absolute atomic E-state index is 0.102. The third-order valence-electron chi connectivity index (χ3n) is 3.71. The second kappa shape index (κ2) is 6.76. The zero-order valence-corrected chi connectivity index (χ0v) is 13.0. The zero-order chi connectivity index (χ0) is 14.5. The molecule has 1 unspecified atom stereocenters. The molecule has 0 aliphatic carbocycles. The SMILES string of the molecule is CCC(C)c1ccc(C(=O)c2ccccc2SC)cc1. The number of benzene rings is 2. The van der Waals surface area contributed by atoms with Gasteiger partial charge in [0, 0.05) is 16.0 Å². The van der Waals surface area contributed by atoms with Gasteiger partial charge in [-0.3, -0.25) is 4.79 Å². The van der Waals surface area contributed by atoms with Gasteiger partial charge < -0.3 is 0 Å². The van der Waals surface area contributed by atoms with E-state index in [0.29, 0.717) is 5.92 Å². The fraction of sp³-hybridized carbons (Fsp3) is 0.278. The predicted octanol–water partition coefficient (Wildman–Crippen LogP) is 5.15. The van der Waals surface area contributed by atoms with E-state index in [2.05, 4.69) is 26.0 Å². The first-order chi connectivity index (χ1) is 9.67. The van der Waals surface area contributed by atoms with Crippen LogP contribution in [0.15, 0.2) is 53.4 Å². The molecular weight excluding hydrogens is 264 g/mol. The van der Waals surface area contributed by atoms with E-state index in [4.69, 9.17) is 0 Å². The van der Waals surface area contributed by atoms with Crippen molar-refractivity contribution in [2.75, 3.05) is 6.26 Å². The molecule has 1 nitrogen and oxygen atoms in total.